The molecule has 1 aromatic heterocycles. The van der Waals surface area contributed by atoms with Gasteiger partial charge in [-0.25, -0.2) is 4.79 Å². The maximum atomic E-state index is 12.5. The summed E-state index contributed by atoms with van der Waals surface area (Å²) in [4.78, 5) is 15.3. The third-order valence-electron chi connectivity index (χ3n) is 3.37. The van der Waals surface area contributed by atoms with E-state index >= 15 is 0 Å². The van der Waals surface area contributed by atoms with Crippen molar-refractivity contribution in [2.24, 2.45) is 0 Å². The second-order valence-corrected chi connectivity index (χ2v) is 6.74. The highest BCUT2D eigenvalue weighted by atomic mass is 35.5. The van der Waals surface area contributed by atoms with Crippen LogP contribution in [-0.2, 0) is 17.9 Å². The monoisotopic (exact) mass is 352 g/mol. The Bertz CT molecular complexity index is 645. The molecule has 1 N–H and O–H groups in total. The topological polar surface area (TPSA) is 41.6 Å². The Morgan fingerprint density at radius 2 is 2.04 bits per heavy atom. The standard InChI is InChI=1S/C17H21ClN2O2S/c1-3-20(11-14-9-10-16(18)23-14)17(21)19-15-8-6-5-7-13(15)12-22-4-2/h5-10H,3-4,11-12H2,1-2H3,(H,19,21). The summed E-state index contributed by atoms with van der Waals surface area (Å²) in [6.07, 6.45) is 0. The lowest BCUT2D eigenvalue weighted by Gasteiger charge is -2.21. The zero-order valence-corrected chi connectivity index (χ0v) is 14.9. The number of nitrogens with zero attached hydrogens (tertiary/aromatic N) is 1. The van der Waals surface area contributed by atoms with Gasteiger partial charge in [-0.2, -0.15) is 0 Å². The van der Waals surface area contributed by atoms with E-state index in [9.17, 15) is 4.79 Å². The summed E-state index contributed by atoms with van der Waals surface area (Å²) in [6.45, 7) is 6.21. The highest BCUT2D eigenvalue weighted by Gasteiger charge is 2.14. The minimum Gasteiger partial charge on any atom is -0.377 e. The van der Waals surface area contributed by atoms with Gasteiger partial charge in [0.15, 0.2) is 0 Å². The van der Waals surface area contributed by atoms with Gasteiger partial charge in [0, 0.05) is 29.3 Å². The van der Waals surface area contributed by atoms with Crippen LogP contribution in [0, 0.1) is 0 Å². The fourth-order valence-corrected chi connectivity index (χ4v) is 3.23. The van der Waals surface area contributed by atoms with Gasteiger partial charge in [0.25, 0.3) is 0 Å². The number of thiophene rings is 1. The molecule has 0 saturated heterocycles. The number of urea groups is 1. The number of nitrogens with one attached hydrogen (secondary N) is 1. The largest absolute Gasteiger partial charge is 0.377 e. The molecule has 0 saturated carbocycles. The second-order valence-electron chi connectivity index (χ2n) is 4.94. The van der Waals surface area contributed by atoms with Gasteiger partial charge in [-0.15, -0.1) is 11.3 Å². The van der Waals surface area contributed by atoms with Gasteiger partial charge < -0.3 is 15.0 Å². The lowest BCUT2D eigenvalue weighted by Crippen LogP contribution is -2.34. The molecule has 0 bridgehead atoms. The van der Waals surface area contributed by atoms with Crippen LogP contribution >= 0.6 is 22.9 Å². The van der Waals surface area contributed by atoms with Crippen molar-refractivity contribution >= 4 is 34.7 Å². The van der Waals surface area contributed by atoms with E-state index < -0.39 is 0 Å². The van der Waals surface area contributed by atoms with Gasteiger partial charge in [-0.05, 0) is 32.0 Å². The zero-order valence-electron chi connectivity index (χ0n) is 13.3. The van der Waals surface area contributed by atoms with Gasteiger partial charge in [0.05, 0.1) is 17.5 Å². The summed E-state index contributed by atoms with van der Waals surface area (Å²) >= 11 is 7.44. The zero-order chi connectivity index (χ0) is 16.7. The summed E-state index contributed by atoms with van der Waals surface area (Å²) in [5, 5.41) is 2.98. The van der Waals surface area contributed by atoms with E-state index in [1.54, 1.807) is 4.90 Å². The predicted molar refractivity (Wildman–Crippen MR) is 96.2 cm³/mol. The molecular formula is C17H21ClN2O2S. The lowest BCUT2D eigenvalue weighted by molar-refractivity contribution is 0.134. The Balaban J connectivity index is 2.04. The number of ether oxygens (including phenoxy) is 1. The number of hydrogen-bond donors (Lipinski definition) is 1. The second kappa shape index (κ2) is 8.91. The first-order chi connectivity index (χ1) is 11.1. The van der Waals surface area contributed by atoms with Crippen molar-refractivity contribution in [2.75, 3.05) is 18.5 Å². The van der Waals surface area contributed by atoms with Crippen molar-refractivity contribution in [3.8, 4) is 0 Å². The molecule has 0 fully saturated rings. The van der Waals surface area contributed by atoms with E-state index in [0.29, 0.717) is 26.3 Å². The molecule has 0 unspecified atom stereocenters. The van der Waals surface area contributed by atoms with Crippen molar-refractivity contribution in [1.29, 1.82) is 0 Å². The first-order valence-corrected chi connectivity index (χ1v) is 8.79. The van der Waals surface area contributed by atoms with E-state index in [2.05, 4.69) is 5.32 Å². The van der Waals surface area contributed by atoms with Crippen LogP contribution in [0.4, 0.5) is 10.5 Å². The maximum Gasteiger partial charge on any atom is 0.322 e. The predicted octanol–water partition coefficient (Wildman–Crippen LogP) is 4.99. The van der Waals surface area contributed by atoms with Crippen molar-refractivity contribution in [1.82, 2.24) is 4.90 Å². The molecular weight excluding hydrogens is 332 g/mol. The molecule has 0 aliphatic carbocycles. The number of anilines is 1. The van der Waals surface area contributed by atoms with Gasteiger partial charge >= 0.3 is 6.03 Å². The highest BCUT2D eigenvalue weighted by Crippen LogP contribution is 2.23. The molecule has 2 amide bonds. The molecule has 0 aliphatic heterocycles. The number of hydrogen-bond acceptors (Lipinski definition) is 3. The Labute approximate surface area is 146 Å². The number of para-hydroxylation sites is 1. The van der Waals surface area contributed by atoms with Crippen molar-refractivity contribution in [3.63, 3.8) is 0 Å². The molecule has 2 aromatic rings. The molecule has 2 rings (SSSR count). The van der Waals surface area contributed by atoms with Crippen LogP contribution in [-0.4, -0.2) is 24.1 Å². The molecule has 1 aromatic carbocycles. The fraction of sp³-hybridized carbons (Fsp3) is 0.353. The summed E-state index contributed by atoms with van der Waals surface area (Å²) in [5.41, 5.74) is 1.76. The quantitative estimate of drug-likeness (QED) is 0.762. The molecule has 124 valence electrons. The first-order valence-electron chi connectivity index (χ1n) is 7.59. The molecule has 1 heterocycles. The van der Waals surface area contributed by atoms with Gasteiger partial charge in [-0.1, -0.05) is 29.8 Å². The summed E-state index contributed by atoms with van der Waals surface area (Å²) < 4.78 is 6.18. The van der Waals surface area contributed by atoms with Crippen LogP contribution in [0.25, 0.3) is 0 Å². The fourth-order valence-electron chi connectivity index (χ4n) is 2.13. The molecule has 0 spiro atoms. The smallest absolute Gasteiger partial charge is 0.322 e. The molecule has 0 aliphatic rings. The van der Waals surface area contributed by atoms with Crippen molar-refractivity contribution in [3.05, 3.63) is 51.2 Å². The van der Waals surface area contributed by atoms with Gasteiger partial charge in [0.2, 0.25) is 0 Å². The minimum atomic E-state index is -0.124. The van der Waals surface area contributed by atoms with E-state index in [0.717, 1.165) is 20.5 Å². The van der Waals surface area contributed by atoms with Gasteiger partial charge in [-0.3, -0.25) is 0 Å². The normalized spacial score (nSPS) is 10.6. The summed E-state index contributed by atoms with van der Waals surface area (Å²) in [5.74, 6) is 0. The van der Waals surface area contributed by atoms with Crippen LogP contribution in [0.2, 0.25) is 4.34 Å². The first kappa shape index (κ1) is 17.8. The minimum absolute atomic E-state index is 0.124. The van der Waals surface area contributed by atoms with Crippen LogP contribution in [0.5, 0.6) is 0 Å². The highest BCUT2D eigenvalue weighted by molar-refractivity contribution is 7.16. The number of carbonyl (C=O) groups is 1. The summed E-state index contributed by atoms with van der Waals surface area (Å²) in [7, 11) is 0. The van der Waals surface area contributed by atoms with E-state index in [4.69, 9.17) is 16.3 Å². The average molecular weight is 353 g/mol. The van der Waals surface area contributed by atoms with Crippen LogP contribution in [0.3, 0.4) is 0 Å². The molecule has 0 radical (unpaired) electrons. The SMILES string of the molecule is CCOCc1ccccc1NC(=O)N(CC)Cc1ccc(Cl)s1. The van der Waals surface area contributed by atoms with E-state index in [1.807, 2.05) is 50.2 Å². The molecule has 4 nitrogen and oxygen atoms in total. The Hall–Kier alpha value is -1.56. The number of rotatable bonds is 7. The Morgan fingerprint density at radius 3 is 2.70 bits per heavy atom. The lowest BCUT2D eigenvalue weighted by atomic mass is 10.2. The Kier molecular flexibility index (Phi) is 6.89. The van der Waals surface area contributed by atoms with Crippen molar-refractivity contribution in [2.45, 2.75) is 27.0 Å². The average Bonchev–Trinajstić information content (AvgIpc) is 2.96. The summed E-state index contributed by atoms with van der Waals surface area (Å²) in [6, 6.07) is 11.4. The Morgan fingerprint density at radius 1 is 1.26 bits per heavy atom. The van der Waals surface area contributed by atoms with E-state index in [-0.39, 0.29) is 6.03 Å². The molecule has 0 atom stereocenters. The van der Waals surface area contributed by atoms with Crippen LogP contribution in [0.15, 0.2) is 36.4 Å². The van der Waals surface area contributed by atoms with Crippen molar-refractivity contribution < 1.29 is 9.53 Å². The molecule has 6 heteroatoms. The third kappa shape index (κ3) is 5.23. The maximum absolute atomic E-state index is 12.5. The number of carbonyl (C=O) groups excluding carboxylic acids is 1. The number of amides is 2. The van der Waals surface area contributed by atoms with Crippen LogP contribution in [0.1, 0.15) is 24.3 Å². The third-order valence-corrected chi connectivity index (χ3v) is 4.58. The number of benzene rings is 1. The van der Waals surface area contributed by atoms with Gasteiger partial charge in [0.1, 0.15) is 0 Å². The van der Waals surface area contributed by atoms with E-state index in [1.165, 1.54) is 11.3 Å². The van der Waals surface area contributed by atoms with Crippen LogP contribution < -0.4 is 5.32 Å². The molecule has 23 heavy (non-hydrogen) atoms. The number of halogens is 1.